The molecule has 0 atom stereocenters. The van der Waals surface area contributed by atoms with E-state index in [1.165, 1.54) is 16.7 Å². The Morgan fingerprint density at radius 2 is 1.52 bits per heavy atom. The number of ether oxygens (including phenoxy) is 1. The summed E-state index contributed by atoms with van der Waals surface area (Å²) in [6.07, 6.45) is 0.926. The molecule has 0 saturated heterocycles. The van der Waals surface area contributed by atoms with Gasteiger partial charge in [-0.1, -0.05) is 61.5 Å². The lowest BCUT2D eigenvalue weighted by Crippen LogP contribution is -2.19. The summed E-state index contributed by atoms with van der Waals surface area (Å²) in [7, 11) is 4.09. The van der Waals surface area contributed by atoms with Gasteiger partial charge in [0, 0.05) is 12.2 Å². The molecule has 3 aromatic carbocycles. The maximum atomic E-state index is 6.11. The number of rotatable bonds is 8. The molecule has 0 radical (unpaired) electrons. The minimum atomic E-state index is 0.675. The number of hydrogen-bond acceptors (Lipinski definition) is 3. The molecule has 0 aliphatic carbocycles. The molecule has 0 saturated carbocycles. The van der Waals surface area contributed by atoms with E-state index in [0.29, 0.717) is 6.61 Å². The maximum Gasteiger partial charge on any atom is 0.119 e. The van der Waals surface area contributed by atoms with Crippen molar-refractivity contribution in [3.8, 4) is 5.75 Å². The first-order valence-electron chi connectivity index (χ1n) is 10.1. The van der Waals surface area contributed by atoms with Crippen molar-refractivity contribution < 1.29 is 4.74 Å². The number of anilines is 1. The molecule has 3 rings (SSSR count). The molecule has 29 heavy (non-hydrogen) atoms. The van der Waals surface area contributed by atoms with Crippen LogP contribution in [0.2, 0.25) is 0 Å². The third-order valence-electron chi connectivity index (χ3n) is 4.90. The molecule has 3 heteroatoms. The number of nitrogen functional groups attached to an aromatic ring is 1. The highest BCUT2D eigenvalue weighted by Gasteiger charge is 2.13. The highest BCUT2D eigenvalue weighted by Crippen LogP contribution is 2.35. The first kappa shape index (κ1) is 20.7. The third kappa shape index (κ3) is 5.49. The highest BCUT2D eigenvalue weighted by atomic mass is 16.5. The summed E-state index contributed by atoms with van der Waals surface area (Å²) >= 11 is 0. The van der Waals surface area contributed by atoms with Crippen molar-refractivity contribution in [2.45, 2.75) is 13.3 Å². The maximum absolute atomic E-state index is 6.11. The minimum Gasteiger partial charge on any atom is -0.492 e. The van der Waals surface area contributed by atoms with Crippen LogP contribution >= 0.6 is 0 Å². The Bertz CT molecular complexity index is 944. The van der Waals surface area contributed by atoms with Crippen molar-refractivity contribution in [3.05, 3.63) is 95.6 Å². The lowest BCUT2D eigenvalue weighted by molar-refractivity contribution is 0.261. The molecule has 0 aliphatic rings. The number of likely N-dealkylation sites (N-methyl/N-ethyl adjacent to an activating group) is 1. The first-order chi connectivity index (χ1) is 14.1. The van der Waals surface area contributed by atoms with Gasteiger partial charge >= 0.3 is 0 Å². The van der Waals surface area contributed by atoms with E-state index in [2.05, 4.69) is 78.6 Å². The number of nitrogens with zero attached hydrogens (tertiary/aromatic N) is 1. The van der Waals surface area contributed by atoms with Crippen LogP contribution in [-0.4, -0.2) is 32.1 Å². The summed E-state index contributed by atoms with van der Waals surface area (Å²) in [6, 6.07) is 27.1. The fourth-order valence-electron chi connectivity index (χ4n) is 3.44. The SMILES string of the molecule is CC/C(=C(/c1ccc(OCCN(C)C)cc1)c1cccc(N)c1)c1ccccc1. The monoisotopic (exact) mass is 386 g/mol. The molecule has 0 amide bonds. The van der Waals surface area contributed by atoms with Crippen LogP contribution in [0, 0.1) is 0 Å². The van der Waals surface area contributed by atoms with Crippen LogP contribution in [0.3, 0.4) is 0 Å². The topological polar surface area (TPSA) is 38.5 Å². The predicted octanol–water partition coefficient (Wildman–Crippen LogP) is 5.58. The second kappa shape index (κ2) is 9.94. The van der Waals surface area contributed by atoms with Gasteiger partial charge in [-0.05, 0) is 72.6 Å². The van der Waals surface area contributed by atoms with E-state index in [-0.39, 0.29) is 0 Å². The molecule has 0 aromatic heterocycles. The normalized spacial score (nSPS) is 12.0. The highest BCUT2D eigenvalue weighted by molar-refractivity contribution is 5.99. The quantitative estimate of drug-likeness (QED) is 0.406. The van der Waals surface area contributed by atoms with Crippen LogP contribution in [-0.2, 0) is 0 Å². The molecule has 0 unspecified atom stereocenters. The molecule has 0 fully saturated rings. The van der Waals surface area contributed by atoms with Gasteiger partial charge in [0.1, 0.15) is 12.4 Å². The van der Waals surface area contributed by atoms with Gasteiger partial charge in [-0.15, -0.1) is 0 Å². The first-order valence-corrected chi connectivity index (χ1v) is 10.1. The van der Waals surface area contributed by atoms with Gasteiger partial charge in [0.15, 0.2) is 0 Å². The van der Waals surface area contributed by atoms with Gasteiger partial charge in [0.2, 0.25) is 0 Å². The number of allylic oxidation sites excluding steroid dienone is 1. The number of hydrogen-bond donors (Lipinski definition) is 1. The van der Waals surface area contributed by atoms with Crippen LogP contribution in [0.15, 0.2) is 78.9 Å². The zero-order chi connectivity index (χ0) is 20.6. The van der Waals surface area contributed by atoms with Crippen LogP contribution in [0.5, 0.6) is 5.75 Å². The van der Waals surface area contributed by atoms with Crippen molar-refractivity contribution in [1.82, 2.24) is 4.90 Å². The molecule has 0 heterocycles. The van der Waals surface area contributed by atoms with Crippen molar-refractivity contribution >= 4 is 16.8 Å². The van der Waals surface area contributed by atoms with E-state index in [1.807, 2.05) is 26.2 Å². The molecule has 150 valence electrons. The molecule has 0 spiro atoms. The Kier molecular flexibility index (Phi) is 7.09. The molecular weight excluding hydrogens is 356 g/mol. The summed E-state index contributed by atoms with van der Waals surface area (Å²) in [5.41, 5.74) is 12.9. The van der Waals surface area contributed by atoms with E-state index in [4.69, 9.17) is 10.5 Å². The molecular formula is C26H30N2O. The Morgan fingerprint density at radius 1 is 0.828 bits per heavy atom. The largest absolute Gasteiger partial charge is 0.492 e. The summed E-state index contributed by atoms with van der Waals surface area (Å²) < 4.78 is 5.87. The minimum absolute atomic E-state index is 0.675. The Balaban J connectivity index is 2.03. The fraction of sp³-hybridized carbons (Fsp3) is 0.231. The van der Waals surface area contributed by atoms with E-state index in [9.17, 15) is 0 Å². The average molecular weight is 387 g/mol. The Morgan fingerprint density at radius 3 is 2.14 bits per heavy atom. The zero-order valence-electron chi connectivity index (χ0n) is 17.6. The van der Waals surface area contributed by atoms with Crippen LogP contribution < -0.4 is 10.5 Å². The summed E-state index contributed by atoms with van der Waals surface area (Å²) in [5, 5.41) is 0. The van der Waals surface area contributed by atoms with Gasteiger partial charge in [0.25, 0.3) is 0 Å². The molecule has 3 nitrogen and oxygen atoms in total. The van der Waals surface area contributed by atoms with Crippen LogP contribution in [0.25, 0.3) is 11.1 Å². The number of benzene rings is 3. The van der Waals surface area contributed by atoms with Crippen molar-refractivity contribution in [3.63, 3.8) is 0 Å². The van der Waals surface area contributed by atoms with Gasteiger partial charge in [-0.2, -0.15) is 0 Å². The second-order valence-corrected chi connectivity index (χ2v) is 7.37. The number of nitrogens with two attached hydrogens (primary N) is 1. The summed E-state index contributed by atoms with van der Waals surface area (Å²) in [4.78, 5) is 2.11. The molecule has 2 N–H and O–H groups in total. The van der Waals surface area contributed by atoms with Crippen LogP contribution in [0.1, 0.15) is 30.0 Å². The van der Waals surface area contributed by atoms with E-state index >= 15 is 0 Å². The van der Waals surface area contributed by atoms with Gasteiger partial charge in [-0.3, -0.25) is 0 Å². The van der Waals surface area contributed by atoms with Crippen LogP contribution in [0.4, 0.5) is 5.69 Å². The van der Waals surface area contributed by atoms with Gasteiger partial charge in [-0.25, -0.2) is 0 Å². The van der Waals surface area contributed by atoms with Crippen molar-refractivity contribution in [2.24, 2.45) is 0 Å². The molecule has 3 aromatic rings. The fourth-order valence-corrected chi connectivity index (χ4v) is 3.44. The van der Waals surface area contributed by atoms with Gasteiger partial charge in [0.05, 0.1) is 0 Å². The summed E-state index contributed by atoms with van der Waals surface area (Å²) in [6.45, 7) is 3.77. The van der Waals surface area contributed by atoms with E-state index in [1.54, 1.807) is 0 Å². The standard InChI is InChI=1S/C26H30N2O/c1-4-25(20-9-6-5-7-10-20)26(22-11-8-12-23(27)19-22)21-13-15-24(16-14-21)29-18-17-28(2)3/h5-16,19H,4,17-18,27H2,1-3H3/b26-25+. The van der Waals surface area contributed by atoms with E-state index in [0.717, 1.165) is 35.5 Å². The second-order valence-electron chi connectivity index (χ2n) is 7.37. The Hall–Kier alpha value is -3.04. The smallest absolute Gasteiger partial charge is 0.119 e. The average Bonchev–Trinajstić information content (AvgIpc) is 2.73. The van der Waals surface area contributed by atoms with Gasteiger partial charge < -0.3 is 15.4 Å². The lowest BCUT2D eigenvalue weighted by Gasteiger charge is -2.17. The molecule has 0 aliphatic heterocycles. The van der Waals surface area contributed by atoms with Crippen molar-refractivity contribution in [1.29, 1.82) is 0 Å². The summed E-state index contributed by atoms with van der Waals surface area (Å²) in [5.74, 6) is 0.889. The molecule has 0 bridgehead atoms. The lowest BCUT2D eigenvalue weighted by atomic mass is 9.88. The zero-order valence-corrected chi connectivity index (χ0v) is 17.6. The third-order valence-corrected chi connectivity index (χ3v) is 4.90. The van der Waals surface area contributed by atoms with E-state index < -0.39 is 0 Å². The Labute approximate surface area is 174 Å². The van der Waals surface area contributed by atoms with Crippen molar-refractivity contribution in [2.75, 3.05) is 33.0 Å². The predicted molar refractivity (Wildman–Crippen MR) is 124 cm³/mol.